The predicted molar refractivity (Wildman–Crippen MR) is 58.7 cm³/mol. The van der Waals surface area contributed by atoms with Crippen molar-refractivity contribution < 1.29 is 0 Å². The fourth-order valence-electron chi connectivity index (χ4n) is 1.23. The van der Waals surface area contributed by atoms with Gasteiger partial charge in [-0.2, -0.15) is 0 Å². The van der Waals surface area contributed by atoms with Gasteiger partial charge in [0.15, 0.2) is 0 Å². The topological polar surface area (TPSA) is 35.9 Å². The Balaban J connectivity index is 2.27. The lowest BCUT2D eigenvalue weighted by molar-refractivity contribution is 1.15. The number of hydrogen-bond donors (Lipinski definition) is 2. The van der Waals surface area contributed by atoms with E-state index in [-0.39, 0.29) is 0 Å². The molecule has 2 rings (SSSR count). The zero-order valence-electron chi connectivity index (χ0n) is 7.18. The molecule has 0 spiro atoms. The van der Waals surface area contributed by atoms with Crippen LogP contribution in [-0.4, -0.2) is 12.3 Å². The summed E-state index contributed by atoms with van der Waals surface area (Å²) in [6.07, 6.45) is 3.89. The second kappa shape index (κ2) is 3.50. The molecule has 1 aromatic rings. The Morgan fingerprint density at radius 1 is 1.46 bits per heavy atom. The third-order valence-electron chi connectivity index (χ3n) is 2.11. The molecule has 0 atom stereocenters. The summed E-state index contributed by atoms with van der Waals surface area (Å²) in [7, 11) is 0. The van der Waals surface area contributed by atoms with Gasteiger partial charge in [-0.15, -0.1) is 0 Å². The molecule has 2 nitrogen and oxygen atoms in total. The molecular weight excluding hydrogens is 228 g/mol. The van der Waals surface area contributed by atoms with Crippen LogP contribution < -0.4 is 5.32 Å². The van der Waals surface area contributed by atoms with Crippen LogP contribution in [0.25, 0.3) is 0 Å². The van der Waals surface area contributed by atoms with E-state index in [0.29, 0.717) is 6.04 Å². The highest BCUT2D eigenvalue weighted by Gasteiger charge is 2.21. The highest BCUT2D eigenvalue weighted by atomic mass is 79.9. The van der Waals surface area contributed by atoms with Crippen molar-refractivity contribution in [2.24, 2.45) is 0 Å². The molecule has 0 saturated heterocycles. The molecule has 0 unspecified atom stereocenters. The third kappa shape index (κ3) is 2.10. The van der Waals surface area contributed by atoms with E-state index in [9.17, 15) is 0 Å². The van der Waals surface area contributed by atoms with Crippen LogP contribution in [0.3, 0.4) is 0 Å². The molecule has 0 radical (unpaired) electrons. The van der Waals surface area contributed by atoms with Crippen LogP contribution >= 0.6 is 15.9 Å². The predicted octanol–water partition coefficient (Wildman–Crippen LogP) is 3.02. The molecule has 3 heteroatoms. The molecule has 68 valence electrons. The number of benzene rings is 1. The minimum Gasteiger partial charge on any atom is -0.382 e. The van der Waals surface area contributed by atoms with E-state index in [1.807, 2.05) is 18.2 Å². The molecule has 1 fully saturated rings. The van der Waals surface area contributed by atoms with Gasteiger partial charge in [-0.25, -0.2) is 0 Å². The molecule has 1 aliphatic rings. The molecule has 0 amide bonds. The molecular formula is C10H11BrN2. The van der Waals surface area contributed by atoms with Gasteiger partial charge < -0.3 is 10.7 Å². The second-order valence-corrected chi connectivity index (χ2v) is 4.21. The first kappa shape index (κ1) is 8.75. The normalized spacial score (nSPS) is 15.5. The summed E-state index contributed by atoms with van der Waals surface area (Å²) in [5.41, 5.74) is 2.02. The largest absolute Gasteiger partial charge is 0.382 e. The van der Waals surface area contributed by atoms with Crippen molar-refractivity contribution in [1.29, 1.82) is 5.41 Å². The van der Waals surface area contributed by atoms with Crippen LogP contribution in [0.5, 0.6) is 0 Å². The summed E-state index contributed by atoms with van der Waals surface area (Å²) >= 11 is 3.42. The molecule has 13 heavy (non-hydrogen) atoms. The quantitative estimate of drug-likeness (QED) is 0.781. The van der Waals surface area contributed by atoms with Crippen molar-refractivity contribution in [2.45, 2.75) is 18.9 Å². The van der Waals surface area contributed by atoms with Crippen molar-refractivity contribution in [1.82, 2.24) is 0 Å². The Labute approximate surface area is 86.0 Å². The molecule has 2 N–H and O–H groups in total. The number of nitrogens with one attached hydrogen (secondary N) is 2. The monoisotopic (exact) mass is 238 g/mol. The van der Waals surface area contributed by atoms with Crippen molar-refractivity contribution in [3.63, 3.8) is 0 Å². The van der Waals surface area contributed by atoms with Crippen LogP contribution in [0.1, 0.15) is 18.4 Å². The smallest absolute Gasteiger partial charge is 0.0442 e. The minimum absolute atomic E-state index is 0.632. The Bertz CT molecular complexity index is 332. The van der Waals surface area contributed by atoms with Crippen molar-refractivity contribution >= 4 is 27.8 Å². The van der Waals surface area contributed by atoms with Gasteiger partial charge in [-0.05, 0) is 25.0 Å². The first-order valence-electron chi connectivity index (χ1n) is 4.36. The highest BCUT2D eigenvalue weighted by Crippen LogP contribution is 2.28. The van der Waals surface area contributed by atoms with Gasteiger partial charge in [0.2, 0.25) is 0 Å². The summed E-state index contributed by atoms with van der Waals surface area (Å²) < 4.78 is 1.06. The average Bonchev–Trinajstić information content (AvgIpc) is 2.89. The maximum Gasteiger partial charge on any atom is 0.0442 e. The summed E-state index contributed by atoms with van der Waals surface area (Å²) in [5, 5.41) is 10.6. The first-order valence-corrected chi connectivity index (χ1v) is 5.15. The summed E-state index contributed by atoms with van der Waals surface area (Å²) in [4.78, 5) is 0. The lowest BCUT2D eigenvalue weighted by Gasteiger charge is -2.08. The van der Waals surface area contributed by atoms with Gasteiger partial charge in [0.05, 0.1) is 0 Å². The lowest BCUT2D eigenvalue weighted by atomic mass is 10.2. The second-order valence-electron chi connectivity index (χ2n) is 3.29. The van der Waals surface area contributed by atoms with Gasteiger partial charge in [0, 0.05) is 28.0 Å². The first-order chi connectivity index (χ1) is 6.29. The molecule has 1 aliphatic carbocycles. The van der Waals surface area contributed by atoms with Crippen LogP contribution in [0.2, 0.25) is 0 Å². The summed E-state index contributed by atoms with van der Waals surface area (Å²) in [6, 6.07) is 6.56. The van der Waals surface area contributed by atoms with Gasteiger partial charge in [0.25, 0.3) is 0 Å². The van der Waals surface area contributed by atoms with Crippen LogP contribution in [-0.2, 0) is 0 Å². The maximum atomic E-state index is 7.24. The molecule has 0 heterocycles. The fraction of sp³-hybridized carbons (Fsp3) is 0.300. The molecule has 1 aromatic carbocycles. The van der Waals surface area contributed by atoms with E-state index in [0.717, 1.165) is 15.7 Å². The zero-order chi connectivity index (χ0) is 9.26. The van der Waals surface area contributed by atoms with E-state index in [4.69, 9.17) is 5.41 Å². The van der Waals surface area contributed by atoms with Crippen LogP contribution in [0.15, 0.2) is 22.7 Å². The standard InChI is InChI=1S/C10H11BrN2/c11-8-2-1-7(6-12)10(5-8)13-9-3-4-9/h1-2,5-6,9,12-13H,3-4H2. The fourth-order valence-corrected chi connectivity index (χ4v) is 1.59. The Hall–Kier alpha value is -0.830. The van der Waals surface area contributed by atoms with E-state index < -0.39 is 0 Å². The molecule has 0 bridgehead atoms. The lowest BCUT2D eigenvalue weighted by Crippen LogP contribution is -2.03. The minimum atomic E-state index is 0.632. The van der Waals surface area contributed by atoms with Crippen molar-refractivity contribution in [2.75, 3.05) is 5.32 Å². The van der Waals surface area contributed by atoms with Crippen molar-refractivity contribution in [3.8, 4) is 0 Å². The number of anilines is 1. The van der Waals surface area contributed by atoms with E-state index in [2.05, 4.69) is 21.2 Å². The average molecular weight is 239 g/mol. The van der Waals surface area contributed by atoms with Gasteiger partial charge >= 0.3 is 0 Å². The number of halogens is 1. The Morgan fingerprint density at radius 3 is 2.85 bits per heavy atom. The Morgan fingerprint density at radius 2 is 2.23 bits per heavy atom. The molecule has 1 saturated carbocycles. The van der Waals surface area contributed by atoms with Crippen LogP contribution in [0, 0.1) is 5.41 Å². The SMILES string of the molecule is N=Cc1ccc(Br)cc1NC1CC1. The van der Waals surface area contributed by atoms with Gasteiger partial charge in [-0.1, -0.05) is 22.0 Å². The van der Waals surface area contributed by atoms with Gasteiger partial charge in [0.1, 0.15) is 0 Å². The zero-order valence-corrected chi connectivity index (χ0v) is 8.76. The van der Waals surface area contributed by atoms with Crippen molar-refractivity contribution in [3.05, 3.63) is 28.2 Å². The van der Waals surface area contributed by atoms with E-state index in [1.54, 1.807) is 0 Å². The molecule has 0 aliphatic heterocycles. The third-order valence-corrected chi connectivity index (χ3v) is 2.60. The highest BCUT2D eigenvalue weighted by molar-refractivity contribution is 9.10. The number of hydrogen-bond acceptors (Lipinski definition) is 2. The van der Waals surface area contributed by atoms with E-state index in [1.165, 1.54) is 19.1 Å². The Kier molecular flexibility index (Phi) is 2.36. The van der Waals surface area contributed by atoms with E-state index >= 15 is 0 Å². The number of rotatable bonds is 3. The summed E-state index contributed by atoms with van der Waals surface area (Å²) in [6.45, 7) is 0. The maximum absolute atomic E-state index is 7.24. The van der Waals surface area contributed by atoms with Gasteiger partial charge in [-0.3, -0.25) is 0 Å². The summed E-state index contributed by atoms with van der Waals surface area (Å²) in [5.74, 6) is 0. The van der Waals surface area contributed by atoms with Crippen LogP contribution in [0.4, 0.5) is 5.69 Å². The molecule has 0 aromatic heterocycles.